The summed E-state index contributed by atoms with van der Waals surface area (Å²) in [4.78, 5) is 35.6. The van der Waals surface area contributed by atoms with E-state index in [1.165, 1.54) is 24.3 Å². The number of amides is 1. The van der Waals surface area contributed by atoms with Gasteiger partial charge in [0.15, 0.2) is 12.4 Å². The average Bonchev–Trinajstić information content (AvgIpc) is 2.81. The summed E-state index contributed by atoms with van der Waals surface area (Å²) in [6.45, 7) is 3.64. The van der Waals surface area contributed by atoms with Crippen molar-refractivity contribution in [1.82, 2.24) is 0 Å². The number of ether oxygens (including phenoxy) is 2. The molecule has 0 unspecified atom stereocenters. The molecule has 1 aliphatic carbocycles. The summed E-state index contributed by atoms with van der Waals surface area (Å²) in [7, 11) is 0. The van der Waals surface area contributed by atoms with Gasteiger partial charge in [0.1, 0.15) is 23.2 Å². The van der Waals surface area contributed by atoms with Crippen molar-refractivity contribution in [1.29, 1.82) is 5.26 Å². The topological polar surface area (TPSA) is 158 Å². The van der Waals surface area contributed by atoms with Gasteiger partial charge in [-0.1, -0.05) is 32.0 Å². The maximum Gasteiger partial charge on any atom is 0.271 e. The zero-order chi connectivity index (χ0) is 26.0. The molecule has 0 aromatic heterocycles. The zero-order valence-corrected chi connectivity index (χ0v) is 19.7. The summed E-state index contributed by atoms with van der Waals surface area (Å²) >= 11 is 0. The van der Waals surface area contributed by atoms with Gasteiger partial charge in [0, 0.05) is 36.2 Å². The van der Waals surface area contributed by atoms with Crippen molar-refractivity contribution >= 4 is 23.1 Å². The van der Waals surface area contributed by atoms with Gasteiger partial charge in [0.2, 0.25) is 5.88 Å². The standard InChI is InChI=1S/C26H24N4O6/c1-26(2)11-20(31)24-21(12-26)36-25(28)19(13-27)23(24)15-6-8-18(9-7-15)35-14-22(32)29-16-4-3-5-17(10-16)30(33)34/h3-10,23H,11-12,14,28H2,1-2H3,(H,29,32)/t23-/m1/s1. The minimum atomic E-state index is -0.645. The number of ketones is 1. The van der Waals surface area contributed by atoms with Crippen LogP contribution in [0.2, 0.25) is 0 Å². The maximum atomic E-state index is 13.0. The summed E-state index contributed by atoms with van der Waals surface area (Å²) in [5, 5.41) is 23.2. The minimum Gasteiger partial charge on any atom is -0.484 e. The lowest BCUT2D eigenvalue weighted by Gasteiger charge is -2.37. The van der Waals surface area contributed by atoms with E-state index in [-0.39, 0.29) is 40.6 Å². The third kappa shape index (κ3) is 5.05. The van der Waals surface area contributed by atoms with Gasteiger partial charge in [0.25, 0.3) is 11.6 Å². The number of nitrogens with one attached hydrogen (secondary N) is 1. The van der Waals surface area contributed by atoms with Crippen molar-refractivity contribution in [2.75, 3.05) is 11.9 Å². The van der Waals surface area contributed by atoms with E-state index in [2.05, 4.69) is 11.4 Å². The van der Waals surface area contributed by atoms with Gasteiger partial charge < -0.3 is 20.5 Å². The number of Topliss-reactive ketones (excluding diaryl/α,β-unsaturated/α-hetero) is 1. The molecule has 0 radical (unpaired) electrons. The van der Waals surface area contributed by atoms with E-state index in [1.807, 2.05) is 13.8 Å². The number of carbonyl (C=O) groups excluding carboxylic acids is 2. The van der Waals surface area contributed by atoms with Crippen LogP contribution in [0, 0.1) is 26.9 Å². The Morgan fingerprint density at radius 3 is 2.67 bits per heavy atom. The molecule has 1 atom stereocenters. The first-order valence-corrected chi connectivity index (χ1v) is 11.2. The lowest BCUT2D eigenvalue weighted by molar-refractivity contribution is -0.384. The molecule has 10 heteroatoms. The Morgan fingerprint density at radius 2 is 2.00 bits per heavy atom. The molecule has 1 heterocycles. The predicted molar refractivity (Wildman–Crippen MR) is 129 cm³/mol. The molecule has 0 spiro atoms. The Balaban J connectivity index is 1.49. The van der Waals surface area contributed by atoms with Gasteiger partial charge in [-0.05, 0) is 29.2 Å². The lowest BCUT2D eigenvalue weighted by atomic mass is 9.70. The first-order chi connectivity index (χ1) is 17.1. The summed E-state index contributed by atoms with van der Waals surface area (Å²) in [6.07, 6.45) is 0.871. The molecule has 0 fully saturated rings. The maximum absolute atomic E-state index is 13.0. The van der Waals surface area contributed by atoms with Crippen LogP contribution in [0.4, 0.5) is 11.4 Å². The number of hydrogen-bond acceptors (Lipinski definition) is 8. The van der Waals surface area contributed by atoms with Gasteiger partial charge in [0.05, 0.1) is 10.8 Å². The summed E-state index contributed by atoms with van der Waals surface area (Å²) in [5.41, 5.74) is 7.21. The van der Waals surface area contributed by atoms with Crippen LogP contribution in [0.1, 0.15) is 38.2 Å². The van der Waals surface area contributed by atoms with Crippen molar-refractivity contribution in [3.8, 4) is 11.8 Å². The number of nitro benzene ring substituents is 1. The number of hydrogen-bond donors (Lipinski definition) is 2. The summed E-state index contributed by atoms with van der Waals surface area (Å²) in [6, 6.07) is 14.4. The number of carbonyl (C=O) groups is 2. The summed E-state index contributed by atoms with van der Waals surface area (Å²) < 4.78 is 11.2. The van der Waals surface area contributed by atoms with Crippen molar-refractivity contribution in [3.05, 3.63) is 87.0 Å². The molecule has 1 amide bonds. The van der Waals surface area contributed by atoms with E-state index >= 15 is 0 Å². The quantitative estimate of drug-likeness (QED) is 0.455. The molecule has 3 N–H and O–H groups in total. The number of rotatable bonds is 6. The second-order valence-corrected chi connectivity index (χ2v) is 9.42. The Labute approximate surface area is 207 Å². The normalized spacial score (nSPS) is 18.6. The number of benzene rings is 2. The highest BCUT2D eigenvalue weighted by Crippen LogP contribution is 2.47. The smallest absolute Gasteiger partial charge is 0.271 e. The van der Waals surface area contributed by atoms with Gasteiger partial charge in [-0.2, -0.15) is 5.26 Å². The zero-order valence-electron chi connectivity index (χ0n) is 19.7. The fourth-order valence-corrected chi connectivity index (χ4v) is 4.42. The Kier molecular flexibility index (Phi) is 6.49. The van der Waals surface area contributed by atoms with Crippen molar-refractivity contribution in [2.24, 2.45) is 11.1 Å². The van der Waals surface area contributed by atoms with Gasteiger partial charge in [-0.15, -0.1) is 0 Å². The highest BCUT2D eigenvalue weighted by atomic mass is 16.6. The Morgan fingerprint density at radius 1 is 1.28 bits per heavy atom. The molecule has 1 aliphatic heterocycles. The highest BCUT2D eigenvalue weighted by molar-refractivity contribution is 6.00. The van der Waals surface area contributed by atoms with E-state index in [9.17, 15) is 25.0 Å². The molecule has 0 bridgehead atoms. The first kappa shape index (κ1) is 24.5. The average molecular weight is 489 g/mol. The van der Waals surface area contributed by atoms with Crippen LogP contribution in [0.5, 0.6) is 5.75 Å². The van der Waals surface area contributed by atoms with Crippen LogP contribution in [0.25, 0.3) is 0 Å². The van der Waals surface area contributed by atoms with Gasteiger partial charge in [-0.25, -0.2) is 0 Å². The fraction of sp³-hybridized carbons (Fsp3) is 0.269. The molecule has 0 saturated heterocycles. The van der Waals surface area contributed by atoms with E-state index in [0.717, 1.165) is 0 Å². The number of allylic oxidation sites excluding steroid dienone is 3. The molecular weight excluding hydrogens is 464 g/mol. The molecule has 2 aliphatic rings. The van der Waals surface area contributed by atoms with E-state index in [4.69, 9.17) is 15.2 Å². The Bertz CT molecular complexity index is 1350. The van der Waals surface area contributed by atoms with Crippen LogP contribution < -0.4 is 15.8 Å². The fourth-order valence-electron chi connectivity index (χ4n) is 4.42. The van der Waals surface area contributed by atoms with Crippen LogP contribution in [0.15, 0.2) is 71.3 Å². The lowest BCUT2D eigenvalue weighted by Crippen LogP contribution is -2.33. The van der Waals surface area contributed by atoms with Crippen LogP contribution in [0.3, 0.4) is 0 Å². The first-order valence-electron chi connectivity index (χ1n) is 11.2. The number of nitrogens with two attached hydrogens (primary N) is 1. The van der Waals surface area contributed by atoms with Crippen molar-refractivity contribution < 1.29 is 24.0 Å². The van der Waals surface area contributed by atoms with Crippen molar-refractivity contribution in [2.45, 2.75) is 32.6 Å². The van der Waals surface area contributed by atoms with Crippen LogP contribution in [-0.2, 0) is 14.3 Å². The van der Waals surface area contributed by atoms with Crippen LogP contribution >= 0.6 is 0 Å². The second-order valence-electron chi connectivity index (χ2n) is 9.42. The third-order valence-electron chi connectivity index (χ3n) is 6.00. The summed E-state index contributed by atoms with van der Waals surface area (Å²) in [5.74, 6) is -0.337. The molecule has 184 valence electrons. The van der Waals surface area contributed by atoms with E-state index in [0.29, 0.717) is 35.5 Å². The SMILES string of the molecule is CC1(C)CC(=O)C2=C(C1)OC(N)=C(C#N)[C@H]2c1ccc(OCC(=O)Nc2cccc([N+](=O)[O-])c2)cc1. The number of non-ortho nitro benzene ring substituents is 1. The van der Waals surface area contributed by atoms with E-state index in [1.54, 1.807) is 24.3 Å². The third-order valence-corrected chi connectivity index (χ3v) is 6.00. The number of nitrogens with zero attached hydrogens (tertiary/aromatic N) is 2. The monoisotopic (exact) mass is 488 g/mol. The molecule has 2 aromatic rings. The number of nitriles is 1. The van der Waals surface area contributed by atoms with Gasteiger partial charge >= 0.3 is 0 Å². The molecule has 2 aromatic carbocycles. The predicted octanol–water partition coefficient (Wildman–Crippen LogP) is 4.06. The van der Waals surface area contributed by atoms with Gasteiger partial charge in [-0.3, -0.25) is 19.7 Å². The molecule has 10 nitrogen and oxygen atoms in total. The van der Waals surface area contributed by atoms with E-state index < -0.39 is 16.7 Å². The highest BCUT2D eigenvalue weighted by Gasteiger charge is 2.42. The number of anilines is 1. The molecule has 4 rings (SSSR count). The second kappa shape index (κ2) is 9.54. The molecular formula is C26H24N4O6. The minimum absolute atomic E-state index is 0.00936. The molecule has 0 saturated carbocycles. The Hall–Kier alpha value is -4.65. The molecule has 36 heavy (non-hydrogen) atoms. The largest absolute Gasteiger partial charge is 0.484 e. The van der Waals surface area contributed by atoms with Crippen molar-refractivity contribution in [3.63, 3.8) is 0 Å². The number of nitro groups is 1. The van der Waals surface area contributed by atoms with Crippen LogP contribution in [-0.4, -0.2) is 23.2 Å².